The van der Waals surface area contributed by atoms with Gasteiger partial charge >= 0.3 is 0 Å². The van der Waals surface area contributed by atoms with Crippen molar-refractivity contribution < 1.29 is 18.9 Å². The molecule has 0 saturated carbocycles. The van der Waals surface area contributed by atoms with Crippen molar-refractivity contribution in [2.24, 2.45) is 0 Å². The van der Waals surface area contributed by atoms with Gasteiger partial charge in [0.15, 0.2) is 0 Å². The predicted octanol–water partition coefficient (Wildman–Crippen LogP) is 3.25. The Bertz CT molecular complexity index is 356. The number of hydrogen-bond donors (Lipinski definition) is 0. The maximum atomic E-state index is 5.73. The monoisotopic (exact) mass is 314 g/mol. The Morgan fingerprint density at radius 3 is 2.19 bits per heavy atom. The van der Waals surface area contributed by atoms with E-state index in [2.05, 4.69) is 6.26 Å². The van der Waals surface area contributed by atoms with Crippen LogP contribution in [-0.2, 0) is 9.47 Å². The lowest BCUT2D eigenvalue weighted by molar-refractivity contribution is -0.0302. The predicted molar refractivity (Wildman–Crippen MR) is 87.7 cm³/mol. The highest BCUT2D eigenvalue weighted by atomic mass is 32.2. The lowest BCUT2D eigenvalue weighted by atomic mass is 10.3. The number of rotatable bonds is 12. The van der Waals surface area contributed by atoms with E-state index in [1.165, 1.54) is 0 Å². The minimum Gasteiger partial charge on any atom is -0.493 e. The van der Waals surface area contributed by atoms with Gasteiger partial charge in [0, 0.05) is 19.0 Å². The number of ether oxygens (including phenoxy) is 4. The lowest BCUT2D eigenvalue weighted by Gasteiger charge is -2.17. The van der Waals surface area contributed by atoms with Crippen molar-refractivity contribution in [3.63, 3.8) is 0 Å². The first-order valence-electron chi connectivity index (χ1n) is 7.34. The average Bonchev–Trinajstić information content (AvgIpc) is 2.51. The third-order valence-corrected chi connectivity index (χ3v) is 3.30. The Hall–Kier alpha value is -0.910. The molecule has 21 heavy (non-hydrogen) atoms. The molecule has 0 bridgehead atoms. The quantitative estimate of drug-likeness (QED) is 0.554. The largest absolute Gasteiger partial charge is 0.493 e. The molecular formula is C16H26O4S. The van der Waals surface area contributed by atoms with Gasteiger partial charge in [-0.1, -0.05) is 0 Å². The molecule has 0 fully saturated rings. The molecule has 0 aliphatic carbocycles. The van der Waals surface area contributed by atoms with E-state index in [0.717, 1.165) is 23.9 Å². The highest BCUT2D eigenvalue weighted by molar-refractivity contribution is 7.98. The molecule has 0 aliphatic heterocycles. The molecule has 1 atom stereocenters. The maximum absolute atomic E-state index is 5.73. The van der Waals surface area contributed by atoms with Crippen LogP contribution in [0.2, 0.25) is 0 Å². The topological polar surface area (TPSA) is 36.9 Å². The van der Waals surface area contributed by atoms with Gasteiger partial charge in [-0.3, -0.25) is 0 Å². The number of benzene rings is 1. The Morgan fingerprint density at radius 2 is 1.62 bits per heavy atom. The van der Waals surface area contributed by atoms with Gasteiger partial charge in [0.1, 0.15) is 24.2 Å². The summed E-state index contributed by atoms with van der Waals surface area (Å²) in [7, 11) is 0. The van der Waals surface area contributed by atoms with Crippen molar-refractivity contribution in [3.05, 3.63) is 24.3 Å². The second kappa shape index (κ2) is 11.7. The summed E-state index contributed by atoms with van der Waals surface area (Å²) in [5, 5.41) is 0. The molecule has 0 aliphatic rings. The van der Waals surface area contributed by atoms with E-state index in [1.807, 2.05) is 38.1 Å². The van der Waals surface area contributed by atoms with Gasteiger partial charge in [-0.05, 0) is 44.4 Å². The Morgan fingerprint density at radius 1 is 0.952 bits per heavy atom. The first-order chi connectivity index (χ1) is 10.3. The Kier molecular flexibility index (Phi) is 10.1. The van der Waals surface area contributed by atoms with Crippen molar-refractivity contribution >= 4 is 11.8 Å². The second-order valence-electron chi connectivity index (χ2n) is 4.36. The number of thioether (sulfide) groups is 1. The van der Waals surface area contributed by atoms with Crippen LogP contribution in [0.3, 0.4) is 0 Å². The molecule has 5 heteroatoms. The lowest BCUT2D eigenvalue weighted by Crippen LogP contribution is -2.27. The smallest absolute Gasteiger partial charge is 0.119 e. The van der Waals surface area contributed by atoms with E-state index in [1.54, 1.807) is 11.8 Å². The van der Waals surface area contributed by atoms with Crippen LogP contribution in [0, 0.1) is 0 Å². The van der Waals surface area contributed by atoms with Crippen LogP contribution < -0.4 is 9.47 Å². The molecule has 1 aromatic rings. The molecule has 0 amide bonds. The minimum absolute atomic E-state index is 0.0348. The summed E-state index contributed by atoms with van der Waals surface area (Å²) in [6, 6.07) is 7.68. The SMILES string of the molecule is CCOCC(COc1ccc(OCCSC)cc1)OCC. The zero-order chi connectivity index (χ0) is 15.3. The molecule has 0 aromatic heterocycles. The zero-order valence-electron chi connectivity index (χ0n) is 13.2. The van der Waals surface area contributed by atoms with Gasteiger partial charge in [-0.15, -0.1) is 0 Å². The van der Waals surface area contributed by atoms with Crippen LogP contribution in [0.5, 0.6) is 11.5 Å². The fraction of sp³-hybridized carbons (Fsp3) is 0.625. The standard InChI is InChI=1S/C16H26O4S/c1-4-17-12-16(18-5-2)13-20-15-8-6-14(7-9-15)19-10-11-21-3/h6-9,16H,4-5,10-13H2,1-3H3. The molecule has 1 rings (SSSR count). The fourth-order valence-corrected chi connectivity index (χ4v) is 1.94. The third kappa shape index (κ3) is 8.19. The average molecular weight is 314 g/mol. The van der Waals surface area contributed by atoms with Crippen LogP contribution >= 0.6 is 11.8 Å². The summed E-state index contributed by atoms with van der Waals surface area (Å²) >= 11 is 1.77. The van der Waals surface area contributed by atoms with Gasteiger partial charge in [0.25, 0.3) is 0 Å². The molecular weight excluding hydrogens is 288 g/mol. The van der Waals surface area contributed by atoms with Crippen molar-refractivity contribution in [2.75, 3.05) is 45.0 Å². The Labute approximate surface area is 132 Å². The fourth-order valence-electron chi connectivity index (χ4n) is 1.69. The molecule has 0 N–H and O–H groups in total. The van der Waals surface area contributed by atoms with Gasteiger partial charge in [-0.2, -0.15) is 11.8 Å². The van der Waals surface area contributed by atoms with Gasteiger partial charge in [-0.25, -0.2) is 0 Å². The van der Waals surface area contributed by atoms with Crippen LogP contribution in [0.15, 0.2) is 24.3 Å². The van der Waals surface area contributed by atoms with Gasteiger partial charge in [0.2, 0.25) is 0 Å². The van der Waals surface area contributed by atoms with Crippen LogP contribution in [-0.4, -0.2) is 51.1 Å². The van der Waals surface area contributed by atoms with Crippen molar-refractivity contribution in [2.45, 2.75) is 20.0 Å². The summed E-state index contributed by atoms with van der Waals surface area (Å²) < 4.78 is 22.3. The van der Waals surface area contributed by atoms with Gasteiger partial charge in [0.05, 0.1) is 13.2 Å². The van der Waals surface area contributed by atoms with E-state index in [0.29, 0.717) is 26.4 Å². The molecule has 4 nitrogen and oxygen atoms in total. The summed E-state index contributed by atoms with van der Waals surface area (Å²) in [5.74, 6) is 2.67. The Balaban J connectivity index is 2.35. The molecule has 0 heterocycles. The van der Waals surface area contributed by atoms with E-state index in [-0.39, 0.29) is 6.10 Å². The molecule has 0 spiro atoms. The summed E-state index contributed by atoms with van der Waals surface area (Å²) in [4.78, 5) is 0. The van der Waals surface area contributed by atoms with Crippen LogP contribution in [0.25, 0.3) is 0 Å². The number of hydrogen-bond acceptors (Lipinski definition) is 5. The molecule has 1 unspecified atom stereocenters. The van der Waals surface area contributed by atoms with E-state index in [4.69, 9.17) is 18.9 Å². The molecule has 120 valence electrons. The van der Waals surface area contributed by atoms with Gasteiger partial charge < -0.3 is 18.9 Å². The van der Waals surface area contributed by atoms with Crippen LogP contribution in [0.1, 0.15) is 13.8 Å². The van der Waals surface area contributed by atoms with Crippen molar-refractivity contribution in [1.29, 1.82) is 0 Å². The summed E-state index contributed by atoms with van der Waals surface area (Å²) in [6.45, 7) is 7.05. The zero-order valence-corrected chi connectivity index (χ0v) is 14.0. The first-order valence-corrected chi connectivity index (χ1v) is 8.73. The highest BCUT2D eigenvalue weighted by Gasteiger charge is 2.09. The van der Waals surface area contributed by atoms with Crippen LogP contribution in [0.4, 0.5) is 0 Å². The van der Waals surface area contributed by atoms with Crippen molar-refractivity contribution in [3.8, 4) is 11.5 Å². The van der Waals surface area contributed by atoms with Crippen molar-refractivity contribution in [1.82, 2.24) is 0 Å². The normalized spacial score (nSPS) is 12.1. The molecule has 0 radical (unpaired) electrons. The highest BCUT2D eigenvalue weighted by Crippen LogP contribution is 2.18. The second-order valence-corrected chi connectivity index (χ2v) is 5.35. The summed E-state index contributed by atoms with van der Waals surface area (Å²) in [5.41, 5.74) is 0. The molecule has 0 saturated heterocycles. The first kappa shape index (κ1) is 18.1. The van der Waals surface area contributed by atoms with E-state index < -0.39 is 0 Å². The van der Waals surface area contributed by atoms with E-state index >= 15 is 0 Å². The molecule has 1 aromatic carbocycles. The summed E-state index contributed by atoms with van der Waals surface area (Å²) in [6.07, 6.45) is 2.03. The minimum atomic E-state index is -0.0348. The third-order valence-electron chi connectivity index (χ3n) is 2.73. The van der Waals surface area contributed by atoms with E-state index in [9.17, 15) is 0 Å². The maximum Gasteiger partial charge on any atom is 0.119 e.